The molecule has 1 aliphatic rings. The van der Waals surface area contributed by atoms with Gasteiger partial charge in [-0.2, -0.15) is 13.2 Å². The Bertz CT molecular complexity index is 1490. The van der Waals surface area contributed by atoms with Crippen LogP contribution < -0.4 is 16.4 Å². The van der Waals surface area contributed by atoms with Gasteiger partial charge < -0.3 is 21.1 Å². The summed E-state index contributed by atoms with van der Waals surface area (Å²) in [5.74, 6) is 0.134. The second-order valence-corrected chi connectivity index (χ2v) is 11.2. The summed E-state index contributed by atoms with van der Waals surface area (Å²) in [5, 5.41) is 5.36. The van der Waals surface area contributed by atoms with Crippen LogP contribution in [-0.2, 0) is 27.0 Å². The van der Waals surface area contributed by atoms with Gasteiger partial charge >= 0.3 is 12.3 Å². The molecule has 1 saturated heterocycles. The second kappa shape index (κ2) is 18.1. The minimum Gasteiger partial charge on any atom is -0.444 e. The number of carbonyl (C=O) groups is 3. The van der Waals surface area contributed by atoms with Gasteiger partial charge in [-0.3, -0.25) is 14.5 Å². The van der Waals surface area contributed by atoms with E-state index in [-0.39, 0.29) is 17.9 Å². The van der Waals surface area contributed by atoms with Crippen molar-refractivity contribution in [2.45, 2.75) is 65.4 Å². The van der Waals surface area contributed by atoms with Crippen molar-refractivity contribution >= 4 is 29.4 Å². The van der Waals surface area contributed by atoms with E-state index in [1.54, 1.807) is 11.0 Å². The van der Waals surface area contributed by atoms with Gasteiger partial charge in [0, 0.05) is 38.2 Å². The predicted octanol–water partition coefficient (Wildman–Crippen LogP) is 6.73. The topological polar surface area (TPSA) is 126 Å². The number of likely N-dealkylation sites (tertiary alicyclic amines) is 1. The summed E-state index contributed by atoms with van der Waals surface area (Å²) in [7, 11) is 0. The molecule has 1 atom stereocenters. The number of nitrogens with one attached hydrogen (secondary N) is 2. The molecule has 0 saturated carbocycles. The molecule has 3 aromatic carbocycles. The first-order valence-electron chi connectivity index (χ1n) is 14.9. The Morgan fingerprint density at radius 3 is 1.94 bits per heavy atom. The summed E-state index contributed by atoms with van der Waals surface area (Å²) >= 11 is 0. The van der Waals surface area contributed by atoms with Crippen molar-refractivity contribution in [1.82, 2.24) is 15.5 Å². The first-order chi connectivity index (χ1) is 22.1. The molecule has 9 nitrogen and oxygen atoms in total. The van der Waals surface area contributed by atoms with Crippen LogP contribution in [0.25, 0.3) is 0 Å². The van der Waals surface area contributed by atoms with Crippen molar-refractivity contribution < 1.29 is 32.3 Å². The molecular weight excluding hydrogens is 611 g/mol. The molecule has 1 aliphatic heterocycles. The first kappa shape index (κ1) is 38.1. The van der Waals surface area contributed by atoms with Crippen molar-refractivity contribution in [3.8, 4) is 0 Å². The molecule has 3 aromatic rings. The molecular formula is C35H42F3N5O4. The van der Waals surface area contributed by atoms with Gasteiger partial charge in [0.05, 0.1) is 11.3 Å². The molecule has 252 valence electrons. The van der Waals surface area contributed by atoms with Gasteiger partial charge in [-0.25, -0.2) is 9.79 Å². The number of amidine groups is 1. The molecule has 0 bridgehead atoms. The van der Waals surface area contributed by atoms with E-state index in [4.69, 9.17) is 10.5 Å². The number of nitrogens with zero attached hydrogens (tertiary/aromatic N) is 2. The average Bonchev–Trinajstić information content (AvgIpc) is 3.02. The number of piperidine rings is 1. The third-order valence-electron chi connectivity index (χ3n) is 6.20. The van der Waals surface area contributed by atoms with Gasteiger partial charge in [-0.1, -0.05) is 78.9 Å². The van der Waals surface area contributed by atoms with Crippen molar-refractivity contribution in [3.05, 3.63) is 114 Å². The van der Waals surface area contributed by atoms with Gasteiger partial charge in [0.15, 0.2) is 0 Å². The van der Waals surface area contributed by atoms with Gasteiger partial charge in [-0.05, 0) is 45.4 Å². The SMILES string of the molecule is CC(C)(C)OC(=O)NCc1ccccc1.CCN1C(=O)C(NC(C)=O)C/C(=C/N)C1=Nc1ccccc1.FC(F)(F)c1ccccc1. The lowest BCUT2D eigenvalue weighted by atomic mass is 9.98. The quantitative estimate of drug-likeness (QED) is 0.282. The number of aliphatic imine (C=N–C) groups is 1. The summed E-state index contributed by atoms with van der Waals surface area (Å²) < 4.78 is 40.5. The fourth-order valence-electron chi connectivity index (χ4n) is 4.14. The molecule has 0 aliphatic carbocycles. The molecule has 3 amide bonds. The Balaban J connectivity index is 0.000000265. The van der Waals surface area contributed by atoms with Crippen molar-refractivity contribution in [3.63, 3.8) is 0 Å². The number of likely N-dealkylation sites (N-methyl/N-ethyl adjacent to an activating group) is 1. The highest BCUT2D eigenvalue weighted by Crippen LogP contribution is 2.28. The van der Waals surface area contributed by atoms with Crippen LogP contribution in [0.1, 0.15) is 52.2 Å². The highest BCUT2D eigenvalue weighted by molar-refractivity contribution is 6.13. The van der Waals surface area contributed by atoms with Crippen molar-refractivity contribution in [2.75, 3.05) is 6.54 Å². The summed E-state index contributed by atoms with van der Waals surface area (Å²) in [4.78, 5) is 41.2. The fraction of sp³-hybridized carbons (Fsp3) is 0.314. The molecule has 1 unspecified atom stereocenters. The number of ether oxygens (including phenoxy) is 1. The summed E-state index contributed by atoms with van der Waals surface area (Å²) in [6.07, 6.45) is -2.80. The van der Waals surface area contributed by atoms with E-state index in [0.29, 0.717) is 25.3 Å². The second-order valence-electron chi connectivity index (χ2n) is 11.2. The van der Waals surface area contributed by atoms with Crippen LogP contribution in [-0.4, -0.2) is 46.8 Å². The molecule has 0 radical (unpaired) electrons. The molecule has 12 heteroatoms. The zero-order chi connectivity index (χ0) is 35.0. The number of para-hydroxylation sites is 1. The smallest absolute Gasteiger partial charge is 0.416 e. The maximum absolute atomic E-state index is 12.5. The van der Waals surface area contributed by atoms with Crippen molar-refractivity contribution in [1.29, 1.82) is 0 Å². The first-order valence-corrected chi connectivity index (χ1v) is 14.9. The van der Waals surface area contributed by atoms with Crippen LogP contribution in [0, 0.1) is 0 Å². The van der Waals surface area contributed by atoms with Gasteiger partial charge in [0.25, 0.3) is 5.91 Å². The number of alkyl carbamates (subject to hydrolysis) is 1. The van der Waals surface area contributed by atoms with Crippen LogP contribution in [0.5, 0.6) is 0 Å². The number of alkyl halides is 3. The molecule has 4 rings (SSSR count). The summed E-state index contributed by atoms with van der Waals surface area (Å²) in [5.41, 5.74) is 7.21. The number of benzene rings is 3. The van der Waals surface area contributed by atoms with Crippen LogP contribution in [0.2, 0.25) is 0 Å². The van der Waals surface area contributed by atoms with E-state index in [0.717, 1.165) is 29.0 Å². The molecule has 0 spiro atoms. The maximum atomic E-state index is 12.5. The van der Waals surface area contributed by atoms with E-state index in [1.165, 1.54) is 25.3 Å². The minimum absolute atomic E-state index is 0.169. The maximum Gasteiger partial charge on any atom is 0.416 e. The third-order valence-corrected chi connectivity index (χ3v) is 6.20. The zero-order valence-electron chi connectivity index (χ0n) is 27.2. The normalized spacial score (nSPS) is 16.3. The van der Waals surface area contributed by atoms with Crippen LogP contribution in [0.15, 0.2) is 108 Å². The molecule has 0 aromatic heterocycles. The molecule has 1 heterocycles. The lowest BCUT2D eigenvalue weighted by Gasteiger charge is -2.34. The lowest BCUT2D eigenvalue weighted by molar-refractivity contribution is -0.137. The zero-order valence-corrected chi connectivity index (χ0v) is 27.2. The molecule has 1 fully saturated rings. The largest absolute Gasteiger partial charge is 0.444 e. The predicted molar refractivity (Wildman–Crippen MR) is 176 cm³/mol. The average molecular weight is 654 g/mol. The monoisotopic (exact) mass is 653 g/mol. The van der Waals surface area contributed by atoms with E-state index >= 15 is 0 Å². The number of hydrogen-bond acceptors (Lipinski definition) is 6. The summed E-state index contributed by atoms with van der Waals surface area (Å²) in [6, 6.07) is 24.9. The molecule has 47 heavy (non-hydrogen) atoms. The minimum atomic E-state index is -4.21. The highest BCUT2D eigenvalue weighted by atomic mass is 19.4. The number of hydrogen-bond donors (Lipinski definition) is 3. The van der Waals surface area contributed by atoms with E-state index in [1.807, 2.05) is 88.4 Å². The van der Waals surface area contributed by atoms with Gasteiger partial charge in [0.1, 0.15) is 17.5 Å². The summed E-state index contributed by atoms with van der Waals surface area (Å²) in [6.45, 7) is 9.73. The third kappa shape index (κ3) is 13.8. The number of nitrogens with two attached hydrogens (primary N) is 1. The number of rotatable bonds is 5. The number of amides is 3. The number of halogens is 3. The highest BCUT2D eigenvalue weighted by Gasteiger charge is 2.35. The lowest BCUT2D eigenvalue weighted by Crippen LogP contribution is -2.55. The molecule has 4 N–H and O–H groups in total. The van der Waals surface area contributed by atoms with E-state index < -0.39 is 23.4 Å². The number of carbonyl (C=O) groups excluding carboxylic acids is 3. The van der Waals surface area contributed by atoms with Crippen LogP contribution in [0.4, 0.5) is 23.7 Å². The van der Waals surface area contributed by atoms with E-state index in [2.05, 4.69) is 15.6 Å². The Hall–Kier alpha value is -5.13. The van der Waals surface area contributed by atoms with E-state index in [9.17, 15) is 27.6 Å². The Morgan fingerprint density at radius 2 is 1.49 bits per heavy atom. The Kier molecular flexibility index (Phi) is 14.7. The van der Waals surface area contributed by atoms with Crippen LogP contribution in [0.3, 0.4) is 0 Å². The standard InChI is InChI=1S/C16H20N4O2.C12H17NO2.C7H5F3/c1-3-20-15(19-13-7-5-4-6-8-13)12(10-17)9-14(16(20)22)18-11(2)21;1-12(2,3)15-11(14)13-9-10-7-5-4-6-8-10;8-7(9,10)6-4-2-1-3-5-6/h4-8,10,14H,3,9,17H2,1-2H3,(H,18,21);4-8H,9H2,1-3H3,(H,13,14);1-5H/b12-10-,19-15?;;. The van der Waals surface area contributed by atoms with Crippen LogP contribution >= 0.6 is 0 Å². The van der Waals surface area contributed by atoms with Gasteiger partial charge in [-0.15, -0.1) is 0 Å². The van der Waals surface area contributed by atoms with Gasteiger partial charge in [0.2, 0.25) is 5.91 Å². The van der Waals surface area contributed by atoms with Crippen molar-refractivity contribution in [2.24, 2.45) is 10.7 Å². The Labute approximate surface area is 273 Å². The Morgan fingerprint density at radius 1 is 0.957 bits per heavy atom. The fourth-order valence-corrected chi connectivity index (χ4v) is 4.14.